The van der Waals surface area contributed by atoms with Crippen molar-refractivity contribution in [2.75, 3.05) is 6.54 Å². The molecule has 2 rings (SSSR count). The third kappa shape index (κ3) is 3.84. The number of allylic oxidation sites excluding steroid dienone is 3. The Morgan fingerprint density at radius 2 is 1.50 bits per heavy atom. The molecule has 0 saturated carbocycles. The summed E-state index contributed by atoms with van der Waals surface area (Å²) in [6.07, 6.45) is 5.67. The zero-order valence-electron chi connectivity index (χ0n) is 14.4. The highest BCUT2D eigenvalue weighted by Crippen LogP contribution is 2.36. The topological polar surface area (TPSA) is 32.3 Å². The van der Waals surface area contributed by atoms with E-state index in [1.165, 1.54) is 0 Å². The number of rotatable bonds is 7. The van der Waals surface area contributed by atoms with E-state index >= 15 is 0 Å². The van der Waals surface area contributed by atoms with Gasteiger partial charge in [0.1, 0.15) is 5.60 Å². The molecule has 0 spiro atoms. The molecule has 0 unspecified atom stereocenters. The van der Waals surface area contributed by atoms with Crippen molar-refractivity contribution in [1.29, 1.82) is 0 Å². The summed E-state index contributed by atoms with van der Waals surface area (Å²) in [5.74, 6) is 0. The van der Waals surface area contributed by atoms with Gasteiger partial charge >= 0.3 is 0 Å². The average Bonchev–Trinajstić information content (AvgIpc) is 2.65. The molecule has 0 aliphatic carbocycles. The normalized spacial score (nSPS) is 12.8. The summed E-state index contributed by atoms with van der Waals surface area (Å²) in [5, 5.41) is 14.8. The molecule has 0 heterocycles. The Morgan fingerprint density at radius 1 is 1.00 bits per heavy atom. The predicted molar refractivity (Wildman–Crippen MR) is 102 cm³/mol. The third-order valence-corrected chi connectivity index (χ3v) is 4.07. The van der Waals surface area contributed by atoms with Crippen LogP contribution in [-0.2, 0) is 5.60 Å². The van der Waals surface area contributed by atoms with E-state index in [1.54, 1.807) is 6.08 Å². The molecular formula is C22H25NO. The van der Waals surface area contributed by atoms with E-state index in [0.717, 1.165) is 28.9 Å². The molecule has 0 fully saturated rings. The van der Waals surface area contributed by atoms with Crippen LogP contribution in [0.3, 0.4) is 0 Å². The van der Waals surface area contributed by atoms with Crippen LogP contribution in [-0.4, -0.2) is 11.7 Å². The summed E-state index contributed by atoms with van der Waals surface area (Å²) in [6.45, 7) is 8.63. The van der Waals surface area contributed by atoms with Crippen LogP contribution in [0.1, 0.15) is 25.0 Å². The SMILES string of the molecule is C=C/C(=C\C=C(/C)C(O)(c1ccccc1)c1ccccc1)NCC. The quantitative estimate of drug-likeness (QED) is 0.734. The van der Waals surface area contributed by atoms with Crippen LogP contribution in [0.5, 0.6) is 0 Å². The highest BCUT2D eigenvalue weighted by molar-refractivity contribution is 5.45. The van der Waals surface area contributed by atoms with Crippen LogP contribution < -0.4 is 5.32 Å². The highest BCUT2D eigenvalue weighted by Gasteiger charge is 2.32. The summed E-state index contributed by atoms with van der Waals surface area (Å²) in [4.78, 5) is 0. The molecule has 2 heteroatoms. The zero-order chi connectivity index (χ0) is 17.4. The van der Waals surface area contributed by atoms with Gasteiger partial charge in [-0.15, -0.1) is 0 Å². The molecule has 0 aromatic heterocycles. The van der Waals surface area contributed by atoms with Gasteiger partial charge in [-0.25, -0.2) is 0 Å². The number of likely N-dealkylation sites (N-methyl/N-ethyl adjacent to an activating group) is 1. The minimum absolute atomic E-state index is 0.826. The maximum absolute atomic E-state index is 11.6. The molecule has 0 radical (unpaired) electrons. The number of hydrogen-bond donors (Lipinski definition) is 2. The van der Waals surface area contributed by atoms with Gasteiger partial charge in [-0.3, -0.25) is 0 Å². The summed E-state index contributed by atoms with van der Waals surface area (Å²) in [6, 6.07) is 19.5. The van der Waals surface area contributed by atoms with Crippen molar-refractivity contribution in [3.8, 4) is 0 Å². The number of nitrogens with one attached hydrogen (secondary N) is 1. The van der Waals surface area contributed by atoms with E-state index in [-0.39, 0.29) is 0 Å². The van der Waals surface area contributed by atoms with Gasteiger partial charge in [0.05, 0.1) is 0 Å². The molecule has 0 aliphatic rings. The van der Waals surface area contributed by atoms with Crippen LogP contribution in [0.2, 0.25) is 0 Å². The Labute approximate surface area is 144 Å². The molecule has 2 nitrogen and oxygen atoms in total. The second-order valence-corrected chi connectivity index (χ2v) is 5.65. The van der Waals surface area contributed by atoms with Crippen molar-refractivity contribution < 1.29 is 5.11 Å². The number of benzene rings is 2. The lowest BCUT2D eigenvalue weighted by molar-refractivity contribution is 0.121. The molecule has 0 amide bonds. The molecule has 124 valence electrons. The lowest BCUT2D eigenvalue weighted by atomic mass is 9.80. The van der Waals surface area contributed by atoms with Gasteiger partial charge in [-0.2, -0.15) is 0 Å². The molecule has 0 atom stereocenters. The summed E-state index contributed by atoms with van der Waals surface area (Å²) in [5.41, 5.74) is 2.30. The second-order valence-electron chi connectivity index (χ2n) is 5.65. The minimum Gasteiger partial charge on any atom is -0.385 e. The second kappa shape index (κ2) is 8.32. The third-order valence-electron chi connectivity index (χ3n) is 4.07. The van der Waals surface area contributed by atoms with E-state index in [1.807, 2.05) is 86.7 Å². The first-order chi connectivity index (χ1) is 11.6. The molecular weight excluding hydrogens is 294 g/mol. The first-order valence-corrected chi connectivity index (χ1v) is 8.21. The molecule has 0 bridgehead atoms. The fourth-order valence-electron chi connectivity index (χ4n) is 2.72. The Hall–Kier alpha value is -2.58. The predicted octanol–water partition coefficient (Wildman–Crippen LogP) is 4.55. The van der Waals surface area contributed by atoms with E-state index in [9.17, 15) is 5.11 Å². The van der Waals surface area contributed by atoms with Gasteiger partial charge < -0.3 is 10.4 Å². The van der Waals surface area contributed by atoms with Gasteiger partial charge in [-0.05, 0) is 42.7 Å². The van der Waals surface area contributed by atoms with Crippen molar-refractivity contribution >= 4 is 0 Å². The lowest BCUT2D eigenvalue weighted by Gasteiger charge is -2.30. The average molecular weight is 319 g/mol. The zero-order valence-corrected chi connectivity index (χ0v) is 14.4. The Bertz CT molecular complexity index is 675. The van der Waals surface area contributed by atoms with Crippen molar-refractivity contribution in [2.24, 2.45) is 0 Å². The van der Waals surface area contributed by atoms with Crippen molar-refractivity contribution in [3.05, 3.63) is 108 Å². The van der Waals surface area contributed by atoms with E-state index in [2.05, 4.69) is 11.9 Å². The number of hydrogen-bond acceptors (Lipinski definition) is 2. The van der Waals surface area contributed by atoms with Crippen LogP contribution in [0.25, 0.3) is 0 Å². The maximum atomic E-state index is 11.6. The fraction of sp³-hybridized carbons (Fsp3) is 0.182. The molecule has 2 N–H and O–H groups in total. The largest absolute Gasteiger partial charge is 0.385 e. The van der Waals surface area contributed by atoms with Crippen molar-refractivity contribution in [1.82, 2.24) is 5.32 Å². The molecule has 0 saturated heterocycles. The van der Waals surface area contributed by atoms with E-state index in [4.69, 9.17) is 0 Å². The molecule has 24 heavy (non-hydrogen) atoms. The monoisotopic (exact) mass is 319 g/mol. The lowest BCUT2D eigenvalue weighted by Crippen LogP contribution is -2.28. The van der Waals surface area contributed by atoms with Gasteiger partial charge in [0.2, 0.25) is 0 Å². The maximum Gasteiger partial charge on any atom is 0.136 e. The molecule has 2 aromatic rings. The van der Waals surface area contributed by atoms with Crippen LogP contribution in [0, 0.1) is 0 Å². The first kappa shape index (κ1) is 17.8. The van der Waals surface area contributed by atoms with E-state index in [0.29, 0.717) is 0 Å². The van der Waals surface area contributed by atoms with Gasteiger partial charge in [0.25, 0.3) is 0 Å². The number of aliphatic hydroxyl groups is 1. The summed E-state index contributed by atoms with van der Waals surface area (Å²) < 4.78 is 0. The smallest absolute Gasteiger partial charge is 0.136 e. The standard InChI is InChI=1S/C22H25NO/c1-4-21(23-5-2)17-16-18(3)22(24,19-12-8-6-9-13-19)20-14-10-7-11-15-20/h4,6-17,23-24H,1,5H2,2-3H3/b18-16+,21-17+. The fourth-order valence-corrected chi connectivity index (χ4v) is 2.72. The molecule has 0 aliphatic heterocycles. The van der Waals surface area contributed by atoms with Crippen molar-refractivity contribution in [2.45, 2.75) is 19.4 Å². The Morgan fingerprint density at radius 3 is 1.92 bits per heavy atom. The van der Waals surface area contributed by atoms with Gasteiger partial charge in [-0.1, -0.05) is 73.3 Å². The Kier molecular flexibility index (Phi) is 6.16. The minimum atomic E-state index is -1.17. The summed E-state index contributed by atoms with van der Waals surface area (Å²) >= 11 is 0. The van der Waals surface area contributed by atoms with Gasteiger partial charge in [0, 0.05) is 12.2 Å². The van der Waals surface area contributed by atoms with Crippen LogP contribution in [0.4, 0.5) is 0 Å². The Balaban J connectivity index is 2.53. The summed E-state index contributed by atoms with van der Waals surface area (Å²) in [7, 11) is 0. The van der Waals surface area contributed by atoms with E-state index < -0.39 is 5.60 Å². The van der Waals surface area contributed by atoms with Crippen molar-refractivity contribution in [3.63, 3.8) is 0 Å². The first-order valence-electron chi connectivity index (χ1n) is 8.21. The van der Waals surface area contributed by atoms with Crippen LogP contribution >= 0.6 is 0 Å². The van der Waals surface area contributed by atoms with Crippen LogP contribution in [0.15, 0.2) is 96.7 Å². The molecule has 2 aromatic carbocycles. The highest BCUT2D eigenvalue weighted by atomic mass is 16.3. The van der Waals surface area contributed by atoms with Gasteiger partial charge in [0.15, 0.2) is 0 Å².